The van der Waals surface area contributed by atoms with Crippen LogP contribution in [0.15, 0.2) is 11.6 Å². The average Bonchev–Trinajstić information content (AvgIpc) is 2.75. The molecule has 0 radical (unpaired) electrons. The van der Waals surface area contributed by atoms with E-state index in [9.17, 15) is 9.59 Å². The summed E-state index contributed by atoms with van der Waals surface area (Å²) in [4.78, 5) is 24.9. The van der Waals surface area contributed by atoms with Gasteiger partial charge in [0.05, 0.1) is 5.41 Å². The largest absolute Gasteiger partial charge is 0.462 e. The summed E-state index contributed by atoms with van der Waals surface area (Å²) in [5, 5.41) is -0.0839. The number of carbonyl (C=O) groups is 2. The summed E-state index contributed by atoms with van der Waals surface area (Å²) in [5.74, 6) is 1.28. The second-order valence-electron chi connectivity index (χ2n) is 15.6. The molecular weight excluding hydrogens is 468 g/mol. The number of esters is 1. The lowest BCUT2D eigenvalue weighted by atomic mass is 9.33. The van der Waals surface area contributed by atoms with Crippen molar-refractivity contribution in [3.05, 3.63) is 11.6 Å². The van der Waals surface area contributed by atoms with Crippen molar-refractivity contribution in [2.75, 3.05) is 0 Å². The van der Waals surface area contributed by atoms with Gasteiger partial charge in [0.25, 0.3) is 0 Å². The minimum absolute atomic E-state index is 0.0113. The number of allylic oxidation sites excluding steroid dienone is 2. The molecule has 0 aromatic rings. The molecule has 0 aliphatic heterocycles. The predicted octanol–water partition coefficient (Wildman–Crippen LogP) is 8.49. The molecule has 5 rings (SSSR count). The smallest absolute Gasteiger partial charge is 0.302 e. The lowest BCUT2D eigenvalue weighted by Gasteiger charge is -2.71. The van der Waals surface area contributed by atoms with Gasteiger partial charge in [0.2, 0.25) is 5.24 Å². The highest BCUT2D eigenvalue weighted by molar-refractivity contribution is 6.64. The van der Waals surface area contributed by atoms with Crippen LogP contribution in [0.1, 0.15) is 120 Å². The van der Waals surface area contributed by atoms with Crippen LogP contribution < -0.4 is 0 Å². The van der Waals surface area contributed by atoms with E-state index < -0.39 is 0 Å². The van der Waals surface area contributed by atoms with Crippen LogP contribution in [0.3, 0.4) is 0 Å². The molecule has 0 saturated heterocycles. The van der Waals surface area contributed by atoms with Gasteiger partial charge < -0.3 is 4.74 Å². The molecule has 5 aliphatic rings. The molecule has 0 bridgehead atoms. The summed E-state index contributed by atoms with van der Waals surface area (Å²) in [6.45, 7) is 18.7. The van der Waals surface area contributed by atoms with Crippen LogP contribution in [-0.2, 0) is 14.3 Å². The molecule has 202 valence electrons. The Bertz CT molecular complexity index is 995. The summed E-state index contributed by atoms with van der Waals surface area (Å²) in [5.41, 5.74) is 1.97. The second kappa shape index (κ2) is 8.09. The summed E-state index contributed by atoms with van der Waals surface area (Å²) in [6, 6.07) is 0. The molecule has 4 fully saturated rings. The van der Waals surface area contributed by atoms with E-state index in [4.69, 9.17) is 16.3 Å². The van der Waals surface area contributed by atoms with Gasteiger partial charge in [-0.25, -0.2) is 0 Å². The number of ether oxygens (including phenoxy) is 1. The molecule has 0 aromatic carbocycles. The first-order valence-electron chi connectivity index (χ1n) is 14.6. The Labute approximate surface area is 224 Å². The van der Waals surface area contributed by atoms with E-state index in [1.807, 2.05) is 0 Å². The minimum atomic E-state index is -0.364. The van der Waals surface area contributed by atoms with Crippen molar-refractivity contribution in [3.63, 3.8) is 0 Å². The third kappa shape index (κ3) is 3.42. The van der Waals surface area contributed by atoms with Crippen molar-refractivity contribution in [1.82, 2.24) is 0 Å². The van der Waals surface area contributed by atoms with E-state index in [2.05, 4.69) is 54.5 Å². The van der Waals surface area contributed by atoms with E-state index in [-0.39, 0.29) is 55.7 Å². The number of halogens is 1. The van der Waals surface area contributed by atoms with Crippen molar-refractivity contribution < 1.29 is 14.3 Å². The van der Waals surface area contributed by atoms with Gasteiger partial charge in [0.1, 0.15) is 6.10 Å². The first-order chi connectivity index (χ1) is 16.5. The van der Waals surface area contributed by atoms with Gasteiger partial charge in [0, 0.05) is 12.3 Å². The van der Waals surface area contributed by atoms with Crippen LogP contribution in [0, 0.1) is 50.2 Å². The maximum atomic E-state index is 13.0. The maximum Gasteiger partial charge on any atom is 0.302 e. The fraction of sp³-hybridized carbons (Fsp3) is 0.875. The molecule has 0 heterocycles. The van der Waals surface area contributed by atoms with Crippen LogP contribution in [-0.4, -0.2) is 17.3 Å². The van der Waals surface area contributed by atoms with E-state index in [0.717, 1.165) is 51.4 Å². The number of rotatable bonds is 2. The van der Waals surface area contributed by atoms with Gasteiger partial charge in [-0.2, -0.15) is 0 Å². The first-order valence-corrected chi connectivity index (χ1v) is 15.0. The number of fused-ring (bicyclic) bond motifs is 7. The number of hydrogen-bond donors (Lipinski definition) is 0. The van der Waals surface area contributed by atoms with Crippen molar-refractivity contribution in [2.24, 2.45) is 50.2 Å². The molecule has 2 unspecified atom stereocenters. The Kier molecular flexibility index (Phi) is 6.01. The third-order valence-electron chi connectivity index (χ3n) is 13.3. The Balaban J connectivity index is 1.55. The minimum Gasteiger partial charge on any atom is -0.462 e. The Morgan fingerprint density at radius 2 is 1.56 bits per heavy atom. The highest BCUT2D eigenvalue weighted by atomic mass is 35.5. The monoisotopic (exact) mass is 516 g/mol. The summed E-state index contributed by atoms with van der Waals surface area (Å²) < 4.78 is 5.88. The topological polar surface area (TPSA) is 43.4 Å². The molecule has 36 heavy (non-hydrogen) atoms. The molecule has 0 aromatic heterocycles. The zero-order valence-electron chi connectivity index (χ0n) is 24.1. The van der Waals surface area contributed by atoms with Crippen molar-refractivity contribution in [1.29, 1.82) is 0 Å². The quantitative estimate of drug-likeness (QED) is 0.210. The van der Waals surface area contributed by atoms with Gasteiger partial charge in [0.15, 0.2) is 0 Å². The normalized spacial score (nSPS) is 48.9. The van der Waals surface area contributed by atoms with Crippen LogP contribution in [0.25, 0.3) is 0 Å². The average molecular weight is 517 g/mol. The van der Waals surface area contributed by atoms with Gasteiger partial charge in [-0.15, -0.1) is 0 Å². The molecule has 3 nitrogen and oxygen atoms in total. The predicted molar refractivity (Wildman–Crippen MR) is 145 cm³/mol. The van der Waals surface area contributed by atoms with E-state index >= 15 is 0 Å². The van der Waals surface area contributed by atoms with E-state index in [1.165, 1.54) is 12.8 Å². The number of carbonyl (C=O) groups excluding carboxylic acids is 2. The molecule has 4 saturated carbocycles. The van der Waals surface area contributed by atoms with Crippen LogP contribution in [0.5, 0.6) is 0 Å². The van der Waals surface area contributed by atoms with Crippen molar-refractivity contribution in [2.45, 2.75) is 126 Å². The maximum absolute atomic E-state index is 13.0. The zero-order chi connectivity index (χ0) is 26.5. The Morgan fingerprint density at radius 1 is 0.889 bits per heavy atom. The molecule has 0 spiro atoms. The van der Waals surface area contributed by atoms with Crippen LogP contribution in [0.4, 0.5) is 0 Å². The van der Waals surface area contributed by atoms with Gasteiger partial charge in [-0.3, -0.25) is 9.59 Å². The first kappa shape index (κ1) is 26.8. The van der Waals surface area contributed by atoms with Gasteiger partial charge in [-0.1, -0.05) is 60.1 Å². The Morgan fingerprint density at radius 3 is 2.19 bits per heavy atom. The number of hydrogen-bond acceptors (Lipinski definition) is 3. The molecule has 8 atom stereocenters. The molecule has 0 amide bonds. The SMILES string of the molecule is CC(=O)O[C@H]1CC[C@@]2(C)C(CC[C@]3(C)[C@@H]2CC=C2C4CC(C)(C)CC[C@]4(C(=O)Cl)CC[C@]23C)C1(C)C. The highest BCUT2D eigenvalue weighted by Gasteiger charge is 2.69. The second-order valence-corrected chi connectivity index (χ2v) is 15.9. The third-order valence-corrected chi connectivity index (χ3v) is 13.7. The summed E-state index contributed by atoms with van der Waals surface area (Å²) in [6.07, 6.45) is 13.3. The zero-order valence-corrected chi connectivity index (χ0v) is 24.8. The van der Waals surface area contributed by atoms with E-state index in [0.29, 0.717) is 11.8 Å². The van der Waals surface area contributed by atoms with Crippen molar-refractivity contribution >= 4 is 22.8 Å². The molecule has 5 aliphatic carbocycles. The van der Waals surface area contributed by atoms with Crippen LogP contribution in [0.2, 0.25) is 0 Å². The molecular formula is C32H49ClO3. The summed E-state index contributed by atoms with van der Waals surface area (Å²) in [7, 11) is 0. The summed E-state index contributed by atoms with van der Waals surface area (Å²) >= 11 is 6.45. The lowest BCUT2D eigenvalue weighted by molar-refractivity contribution is -0.211. The standard InChI is InChI=1S/C32H49ClO3/c1-20(34)36-25-12-13-29(6)23(28(25,4)5)11-14-31(8)24(29)10-9-21-22-19-27(2,3)15-17-32(22,26(33)35)18-16-30(21,31)7/h9,22-25H,10-19H2,1-8H3/t22?,23?,24-,25+,29+,30-,31-,32+/m1/s1. The fourth-order valence-corrected chi connectivity index (χ4v) is 11.3. The molecule has 4 heteroatoms. The van der Waals surface area contributed by atoms with Crippen LogP contribution >= 0.6 is 11.6 Å². The fourth-order valence-electron chi connectivity index (χ4n) is 11.0. The Hall–Kier alpha value is -0.830. The highest BCUT2D eigenvalue weighted by Crippen LogP contribution is 2.76. The van der Waals surface area contributed by atoms with Gasteiger partial charge in [-0.05, 0) is 115 Å². The van der Waals surface area contributed by atoms with E-state index in [1.54, 1.807) is 12.5 Å². The van der Waals surface area contributed by atoms with Crippen molar-refractivity contribution in [3.8, 4) is 0 Å². The van der Waals surface area contributed by atoms with Gasteiger partial charge >= 0.3 is 5.97 Å². The molecule has 0 N–H and O–H groups in total. The lowest BCUT2D eigenvalue weighted by Crippen LogP contribution is -2.65.